The zero-order valence-corrected chi connectivity index (χ0v) is 38.5. The van der Waals surface area contributed by atoms with E-state index in [9.17, 15) is 30.3 Å². The lowest BCUT2D eigenvalue weighted by atomic mass is 9.99. The third-order valence-corrected chi connectivity index (χ3v) is 11.6. The maximum atomic E-state index is 13.0. The molecule has 1 fully saturated rings. The minimum atomic E-state index is -1.57. The van der Waals surface area contributed by atoms with Gasteiger partial charge in [0.15, 0.2) is 6.29 Å². The third kappa shape index (κ3) is 31.1. The number of carbonyl (C=O) groups excluding carboxylic acids is 1. The molecule has 1 aliphatic heterocycles. The van der Waals surface area contributed by atoms with Crippen molar-refractivity contribution >= 4 is 5.91 Å². The fraction of sp³-hybridized carbons (Fsp3) is 0.824. The topological polar surface area (TPSA) is 149 Å². The number of amides is 1. The SMILES string of the molecule is CCCCCC/C=C\C/C=C\CCCCCCCC(=O)NC(COC1OC(CO)C(O)C(O)C1O)C(O)/C=C/CC/C=C/CCCCCCCCCCCCCCCCC. The van der Waals surface area contributed by atoms with E-state index in [1.54, 1.807) is 6.08 Å². The number of rotatable bonds is 41. The Labute approximate surface area is 367 Å². The lowest BCUT2D eigenvalue weighted by Gasteiger charge is -2.40. The van der Waals surface area contributed by atoms with Crippen molar-refractivity contribution in [3.05, 3.63) is 48.6 Å². The number of ether oxygens (including phenoxy) is 2. The first-order chi connectivity index (χ1) is 29.3. The number of hydrogen-bond acceptors (Lipinski definition) is 8. The van der Waals surface area contributed by atoms with E-state index in [0.717, 1.165) is 64.2 Å². The number of nitrogens with one attached hydrogen (secondary N) is 1. The van der Waals surface area contributed by atoms with Crippen LogP contribution in [-0.4, -0.2) is 87.5 Å². The van der Waals surface area contributed by atoms with E-state index in [1.807, 2.05) is 6.08 Å². The summed E-state index contributed by atoms with van der Waals surface area (Å²) in [6, 6.07) is -0.829. The van der Waals surface area contributed by atoms with Crippen molar-refractivity contribution in [2.45, 2.75) is 256 Å². The Bertz CT molecular complexity index is 1080. The van der Waals surface area contributed by atoms with Gasteiger partial charge in [-0.2, -0.15) is 0 Å². The maximum absolute atomic E-state index is 13.0. The van der Waals surface area contributed by atoms with Gasteiger partial charge >= 0.3 is 0 Å². The largest absolute Gasteiger partial charge is 0.394 e. The standard InChI is InChI=1S/C51H93NO8/c1-3-5-7-9-11-13-15-17-19-21-22-23-24-25-26-28-30-32-34-36-38-40-45(54)44(43-59-51-50(58)49(57)48(56)46(42-53)60-51)52-47(55)41-39-37-35-33-31-29-27-20-18-16-14-12-10-8-6-4-2/h14,16,20,27,30,32,38,40,44-46,48-51,53-54,56-58H,3-13,15,17-19,21-26,28-29,31,33-37,39,41-43H2,1-2H3,(H,52,55)/b16-14-,27-20-,32-30+,40-38+. The molecule has 0 aliphatic carbocycles. The molecule has 0 radical (unpaired) electrons. The van der Waals surface area contributed by atoms with Gasteiger partial charge in [-0.3, -0.25) is 4.79 Å². The van der Waals surface area contributed by atoms with Crippen molar-refractivity contribution in [3.8, 4) is 0 Å². The van der Waals surface area contributed by atoms with Crippen LogP contribution >= 0.6 is 0 Å². The van der Waals surface area contributed by atoms with E-state index in [-0.39, 0.29) is 12.5 Å². The molecule has 1 rings (SSSR count). The number of carbonyl (C=O) groups is 1. The molecule has 0 aromatic rings. The van der Waals surface area contributed by atoms with E-state index in [2.05, 4.69) is 55.6 Å². The molecule has 1 amide bonds. The number of aliphatic hydroxyl groups excluding tert-OH is 5. The first kappa shape index (κ1) is 56.2. The Hall–Kier alpha value is -1.85. The first-order valence-electron chi connectivity index (χ1n) is 24.9. The average Bonchev–Trinajstić information content (AvgIpc) is 3.25. The Morgan fingerprint density at radius 3 is 1.52 bits per heavy atom. The van der Waals surface area contributed by atoms with Crippen LogP contribution in [0, 0.1) is 0 Å². The molecular weight excluding hydrogens is 755 g/mol. The van der Waals surface area contributed by atoms with Crippen LogP contribution < -0.4 is 5.32 Å². The Morgan fingerprint density at radius 1 is 0.567 bits per heavy atom. The second-order valence-electron chi connectivity index (χ2n) is 17.2. The average molecular weight is 848 g/mol. The molecule has 9 nitrogen and oxygen atoms in total. The lowest BCUT2D eigenvalue weighted by molar-refractivity contribution is -0.302. The highest BCUT2D eigenvalue weighted by molar-refractivity contribution is 5.76. The molecule has 1 heterocycles. The molecule has 7 unspecified atom stereocenters. The van der Waals surface area contributed by atoms with Gasteiger partial charge in [0.1, 0.15) is 24.4 Å². The molecule has 0 aromatic heterocycles. The highest BCUT2D eigenvalue weighted by Crippen LogP contribution is 2.22. The van der Waals surface area contributed by atoms with Crippen LogP contribution in [0.3, 0.4) is 0 Å². The Balaban J connectivity index is 2.35. The van der Waals surface area contributed by atoms with Crippen molar-refractivity contribution in [2.75, 3.05) is 13.2 Å². The summed E-state index contributed by atoms with van der Waals surface area (Å²) in [6.45, 7) is 3.74. The van der Waals surface area contributed by atoms with Crippen LogP contribution in [0.5, 0.6) is 0 Å². The molecule has 6 N–H and O–H groups in total. The van der Waals surface area contributed by atoms with Gasteiger partial charge in [-0.05, 0) is 64.2 Å². The quantitative estimate of drug-likeness (QED) is 0.0263. The first-order valence-corrected chi connectivity index (χ1v) is 24.9. The Morgan fingerprint density at radius 2 is 1.00 bits per heavy atom. The normalized spacial score (nSPS) is 20.9. The maximum Gasteiger partial charge on any atom is 0.220 e. The van der Waals surface area contributed by atoms with Gasteiger partial charge in [-0.15, -0.1) is 0 Å². The summed E-state index contributed by atoms with van der Waals surface area (Å²) in [6.07, 6.45) is 45.9. The van der Waals surface area contributed by atoms with Gasteiger partial charge in [-0.25, -0.2) is 0 Å². The molecule has 0 bridgehead atoms. The molecule has 350 valence electrons. The number of hydrogen-bond donors (Lipinski definition) is 6. The predicted molar refractivity (Wildman–Crippen MR) is 249 cm³/mol. The highest BCUT2D eigenvalue weighted by Gasteiger charge is 2.44. The molecule has 9 heteroatoms. The molecule has 7 atom stereocenters. The lowest BCUT2D eigenvalue weighted by Crippen LogP contribution is -2.60. The predicted octanol–water partition coefficient (Wildman–Crippen LogP) is 11.0. The molecule has 0 saturated carbocycles. The molecule has 0 aromatic carbocycles. The van der Waals surface area contributed by atoms with Crippen LogP contribution in [0.2, 0.25) is 0 Å². The van der Waals surface area contributed by atoms with Gasteiger partial charge in [0.25, 0.3) is 0 Å². The fourth-order valence-electron chi connectivity index (χ4n) is 7.61. The van der Waals surface area contributed by atoms with Crippen molar-refractivity contribution in [1.29, 1.82) is 0 Å². The number of aliphatic hydroxyl groups is 5. The van der Waals surface area contributed by atoms with Crippen molar-refractivity contribution in [1.82, 2.24) is 5.32 Å². The van der Waals surface area contributed by atoms with Crippen molar-refractivity contribution in [2.24, 2.45) is 0 Å². The molecule has 1 saturated heterocycles. The van der Waals surface area contributed by atoms with E-state index in [1.165, 1.54) is 128 Å². The fourth-order valence-corrected chi connectivity index (χ4v) is 7.61. The summed E-state index contributed by atoms with van der Waals surface area (Å²) in [5.74, 6) is -0.201. The van der Waals surface area contributed by atoms with Gasteiger partial charge in [0.05, 0.1) is 25.4 Å². The van der Waals surface area contributed by atoms with Gasteiger partial charge in [0.2, 0.25) is 5.91 Å². The second-order valence-corrected chi connectivity index (χ2v) is 17.2. The summed E-state index contributed by atoms with van der Waals surface area (Å²) in [5.41, 5.74) is 0. The van der Waals surface area contributed by atoms with Gasteiger partial charge < -0.3 is 40.3 Å². The van der Waals surface area contributed by atoms with Crippen LogP contribution in [0.4, 0.5) is 0 Å². The molecular formula is C51H93NO8. The van der Waals surface area contributed by atoms with E-state index < -0.39 is 49.5 Å². The van der Waals surface area contributed by atoms with E-state index in [4.69, 9.17) is 9.47 Å². The number of unbranched alkanes of at least 4 members (excludes halogenated alkanes) is 25. The molecule has 0 spiro atoms. The minimum absolute atomic E-state index is 0.201. The van der Waals surface area contributed by atoms with Crippen molar-refractivity contribution < 1.29 is 39.8 Å². The van der Waals surface area contributed by atoms with Gasteiger partial charge in [-0.1, -0.05) is 191 Å². The zero-order valence-electron chi connectivity index (χ0n) is 38.5. The van der Waals surface area contributed by atoms with Crippen molar-refractivity contribution in [3.63, 3.8) is 0 Å². The highest BCUT2D eigenvalue weighted by atomic mass is 16.7. The van der Waals surface area contributed by atoms with Gasteiger partial charge in [0, 0.05) is 6.42 Å². The summed E-state index contributed by atoms with van der Waals surface area (Å²) in [5, 5.41) is 54.3. The summed E-state index contributed by atoms with van der Waals surface area (Å²) in [7, 11) is 0. The summed E-state index contributed by atoms with van der Waals surface area (Å²) >= 11 is 0. The molecule has 60 heavy (non-hydrogen) atoms. The smallest absolute Gasteiger partial charge is 0.220 e. The van der Waals surface area contributed by atoms with E-state index >= 15 is 0 Å². The molecule has 1 aliphatic rings. The zero-order chi connectivity index (χ0) is 43.7. The third-order valence-electron chi connectivity index (χ3n) is 11.6. The Kier molecular flexibility index (Phi) is 38.5. The number of allylic oxidation sites excluding steroid dienone is 7. The van der Waals surface area contributed by atoms with Crippen LogP contribution in [0.15, 0.2) is 48.6 Å². The van der Waals surface area contributed by atoms with Crippen LogP contribution in [0.25, 0.3) is 0 Å². The monoisotopic (exact) mass is 848 g/mol. The summed E-state index contributed by atoms with van der Waals surface area (Å²) < 4.78 is 11.2. The van der Waals surface area contributed by atoms with Crippen LogP contribution in [-0.2, 0) is 14.3 Å². The van der Waals surface area contributed by atoms with E-state index in [0.29, 0.717) is 6.42 Å². The second kappa shape index (κ2) is 41.2. The minimum Gasteiger partial charge on any atom is -0.394 e. The van der Waals surface area contributed by atoms with Crippen LogP contribution in [0.1, 0.15) is 213 Å². The summed E-state index contributed by atoms with van der Waals surface area (Å²) in [4.78, 5) is 13.0.